The van der Waals surface area contributed by atoms with Gasteiger partial charge in [-0.2, -0.15) is 4.98 Å². The average molecular weight is 237 g/mol. The molecule has 94 valence electrons. The van der Waals surface area contributed by atoms with Crippen molar-refractivity contribution in [3.63, 3.8) is 0 Å². The SMILES string of the molecule is CNCCNc1cc(C2CCOC2)nc(N)n1. The van der Waals surface area contributed by atoms with Crippen LogP contribution in [0.25, 0.3) is 0 Å². The molecule has 1 aromatic rings. The molecule has 0 aliphatic carbocycles. The van der Waals surface area contributed by atoms with Gasteiger partial charge in [0.1, 0.15) is 5.82 Å². The molecule has 0 radical (unpaired) electrons. The molecule has 1 aliphatic heterocycles. The molecule has 0 spiro atoms. The van der Waals surface area contributed by atoms with Crippen molar-refractivity contribution in [1.29, 1.82) is 0 Å². The van der Waals surface area contributed by atoms with Crippen LogP contribution in [0.15, 0.2) is 6.07 Å². The number of ether oxygens (including phenoxy) is 1. The molecule has 1 unspecified atom stereocenters. The third-order valence-electron chi connectivity index (χ3n) is 2.79. The van der Waals surface area contributed by atoms with E-state index in [1.165, 1.54) is 0 Å². The van der Waals surface area contributed by atoms with E-state index in [1.54, 1.807) is 0 Å². The zero-order valence-corrected chi connectivity index (χ0v) is 10.1. The molecule has 0 bridgehead atoms. The van der Waals surface area contributed by atoms with Crippen molar-refractivity contribution in [3.05, 3.63) is 11.8 Å². The molecule has 17 heavy (non-hydrogen) atoms. The van der Waals surface area contributed by atoms with E-state index < -0.39 is 0 Å². The number of rotatable bonds is 5. The van der Waals surface area contributed by atoms with Gasteiger partial charge in [-0.1, -0.05) is 0 Å². The smallest absolute Gasteiger partial charge is 0.222 e. The van der Waals surface area contributed by atoms with Crippen LogP contribution in [0, 0.1) is 0 Å². The second kappa shape index (κ2) is 5.79. The molecule has 2 heterocycles. The molecule has 2 rings (SSSR count). The number of likely N-dealkylation sites (N-methyl/N-ethyl adjacent to an activating group) is 1. The molecule has 6 nitrogen and oxygen atoms in total. The maximum atomic E-state index is 5.71. The number of hydrogen-bond acceptors (Lipinski definition) is 6. The third kappa shape index (κ3) is 3.28. The lowest BCUT2D eigenvalue weighted by molar-refractivity contribution is 0.193. The number of nitrogens with one attached hydrogen (secondary N) is 2. The lowest BCUT2D eigenvalue weighted by atomic mass is 10.0. The zero-order chi connectivity index (χ0) is 12.1. The Kier molecular flexibility index (Phi) is 4.11. The fourth-order valence-electron chi connectivity index (χ4n) is 1.87. The number of nitrogens with zero attached hydrogens (tertiary/aromatic N) is 2. The fourth-order valence-corrected chi connectivity index (χ4v) is 1.87. The van der Waals surface area contributed by atoms with Crippen molar-refractivity contribution in [2.24, 2.45) is 0 Å². The molecule has 0 saturated carbocycles. The Balaban J connectivity index is 2.05. The van der Waals surface area contributed by atoms with Crippen LogP contribution in [0.4, 0.5) is 11.8 Å². The van der Waals surface area contributed by atoms with Crippen LogP contribution in [0.3, 0.4) is 0 Å². The van der Waals surface area contributed by atoms with Gasteiger partial charge in [0.15, 0.2) is 0 Å². The Morgan fingerprint density at radius 3 is 3.06 bits per heavy atom. The lowest BCUT2D eigenvalue weighted by Crippen LogP contribution is -2.19. The normalized spacial score (nSPS) is 19.5. The van der Waals surface area contributed by atoms with Crippen molar-refractivity contribution < 1.29 is 4.74 Å². The van der Waals surface area contributed by atoms with Gasteiger partial charge in [-0.3, -0.25) is 0 Å². The summed E-state index contributed by atoms with van der Waals surface area (Å²) in [6.07, 6.45) is 1.01. The highest BCUT2D eigenvalue weighted by atomic mass is 16.5. The molecule has 1 saturated heterocycles. The first-order chi connectivity index (χ1) is 8.29. The van der Waals surface area contributed by atoms with E-state index in [0.717, 1.165) is 44.2 Å². The molecule has 1 atom stereocenters. The van der Waals surface area contributed by atoms with Gasteiger partial charge in [0.05, 0.1) is 12.3 Å². The maximum absolute atomic E-state index is 5.71. The minimum atomic E-state index is 0.321. The van der Waals surface area contributed by atoms with Gasteiger partial charge in [0.25, 0.3) is 0 Å². The average Bonchev–Trinajstić information content (AvgIpc) is 2.82. The summed E-state index contributed by atoms with van der Waals surface area (Å²) in [5, 5.41) is 6.28. The van der Waals surface area contributed by atoms with Gasteiger partial charge in [0.2, 0.25) is 5.95 Å². The number of nitrogen functional groups attached to an aromatic ring is 1. The molecule has 0 aromatic carbocycles. The van der Waals surface area contributed by atoms with Crippen molar-refractivity contribution in [2.45, 2.75) is 12.3 Å². The van der Waals surface area contributed by atoms with E-state index in [4.69, 9.17) is 10.5 Å². The van der Waals surface area contributed by atoms with Crippen LogP contribution >= 0.6 is 0 Å². The summed E-state index contributed by atoms with van der Waals surface area (Å²) >= 11 is 0. The monoisotopic (exact) mass is 237 g/mol. The van der Waals surface area contributed by atoms with Gasteiger partial charge >= 0.3 is 0 Å². The molecule has 1 aromatic heterocycles. The second-order valence-electron chi connectivity index (χ2n) is 4.13. The fraction of sp³-hybridized carbons (Fsp3) is 0.636. The Morgan fingerprint density at radius 1 is 1.47 bits per heavy atom. The first kappa shape index (κ1) is 12.1. The van der Waals surface area contributed by atoms with Gasteiger partial charge in [-0.15, -0.1) is 0 Å². The predicted octanol–water partition coefficient (Wildman–Crippen LogP) is 0.194. The van der Waals surface area contributed by atoms with Gasteiger partial charge in [-0.05, 0) is 13.5 Å². The van der Waals surface area contributed by atoms with Crippen LogP contribution in [-0.2, 0) is 4.74 Å². The topological polar surface area (TPSA) is 85.1 Å². The van der Waals surface area contributed by atoms with Crippen LogP contribution in [0.2, 0.25) is 0 Å². The van der Waals surface area contributed by atoms with Crippen molar-refractivity contribution in [1.82, 2.24) is 15.3 Å². The maximum Gasteiger partial charge on any atom is 0.222 e. The second-order valence-corrected chi connectivity index (χ2v) is 4.13. The highest BCUT2D eigenvalue weighted by molar-refractivity contribution is 5.41. The van der Waals surface area contributed by atoms with Crippen molar-refractivity contribution >= 4 is 11.8 Å². The summed E-state index contributed by atoms with van der Waals surface area (Å²) in [6.45, 7) is 3.23. The molecule has 1 fully saturated rings. The minimum absolute atomic E-state index is 0.321. The lowest BCUT2D eigenvalue weighted by Gasteiger charge is -2.11. The predicted molar refractivity (Wildman–Crippen MR) is 67.0 cm³/mol. The van der Waals surface area contributed by atoms with Gasteiger partial charge in [0, 0.05) is 31.7 Å². The number of anilines is 2. The molecule has 6 heteroatoms. The highest BCUT2D eigenvalue weighted by Crippen LogP contribution is 2.25. The summed E-state index contributed by atoms with van der Waals surface area (Å²) in [5.41, 5.74) is 6.69. The van der Waals surface area contributed by atoms with Crippen LogP contribution in [0.1, 0.15) is 18.0 Å². The number of nitrogens with two attached hydrogens (primary N) is 1. The molecule has 0 amide bonds. The number of hydrogen-bond donors (Lipinski definition) is 3. The Labute approximate surface area is 101 Å². The number of aromatic nitrogens is 2. The summed E-state index contributed by atoms with van der Waals surface area (Å²) in [7, 11) is 1.91. The van der Waals surface area contributed by atoms with Gasteiger partial charge in [-0.25, -0.2) is 4.98 Å². The third-order valence-corrected chi connectivity index (χ3v) is 2.79. The quantitative estimate of drug-likeness (QED) is 0.634. The van der Waals surface area contributed by atoms with E-state index in [-0.39, 0.29) is 0 Å². The molecule has 1 aliphatic rings. The van der Waals surface area contributed by atoms with Gasteiger partial charge < -0.3 is 21.1 Å². The largest absolute Gasteiger partial charge is 0.381 e. The van der Waals surface area contributed by atoms with E-state index in [1.807, 2.05) is 13.1 Å². The Hall–Kier alpha value is -1.40. The molecular formula is C11H19N5O. The molecular weight excluding hydrogens is 218 g/mol. The van der Waals surface area contributed by atoms with Crippen LogP contribution < -0.4 is 16.4 Å². The van der Waals surface area contributed by atoms with Crippen LogP contribution in [-0.4, -0.2) is 43.3 Å². The summed E-state index contributed by atoms with van der Waals surface area (Å²) in [4.78, 5) is 8.44. The van der Waals surface area contributed by atoms with E-state index in [9.17, 15) is 0 Å². The van der Waals surface area contributed by atoms with E-state index >= 15 is 0 Å². The van der Waals surface area contributed by atoms with E-state index in [2.05, 4.69) is 20.6 Å². The van der Waals surface area contributed by atoms with Crippen molar-refractivity contribution in [2.75, 3.05) is 44.4 Å². The standard InChI is InChI=1S/C11H19N5O/c1-13-3-4-14-10-6-9(15-11(12)16-10)8-2-5-17-7-8/h6,8,13H,2-5,7H2,1H3,(H3,12,14,15,16). The Bertz CT molecular complexity index is 365. The summed E-state index contributed by atoms with van der Waals surface area (Å²) < 4.78 is 5.36. The highest BCUT2D eigenvalue weighted by Gasteiger charge is 2.20. The Morgan fingerprint density at radius 2 is 2.35 bits per heavy atom. The molecule has 4 N–H and O–H groups in total. The first-order valence-electron chi connectivity index (χ1n) is 5.90. The van der Waals surface area contributed by atoms with Crippen molar-refractivity contribution in [3.8, 4) is 0 Å². The minimum Gasteiger partial charge on any atom is -0.381 e. The first-order valence-corrected chi connectivity index (χ1v) is 5.90. The summed E-state index contributed by atoms with van der Waals surface area (Å²) in [6, 6.07) is 1.96. The zero-order valence-electron chi connectivity index (χ0n) is 10.1. The van der Waals surface area contributed by atoms with E-state index in [0.29, 0.717) is 11.9 Å². The summed E-state index contributed by atoms with van der Waals surface area (Å²) in [5.74, 6) is 1.46. The van der Waals surface area contributed by atoms with Crippen LogP contribution in [0.5, 0.6) is 0 Å².